The molecule has 1 saturated heterocycles. The second-order valence-electron chi connectivity index (χ2n) is 8.99. The van der Waals surface area contributed by atoms with Crippen LogP contribution < -0.4 is 5.56 Å². The first-order chi connectivity index (χ1) is 14.3. The maximum atomic E-state index is 13.4. The van der Waals surface area contributed by atoms with Crippen molar-refractivity contribution in [1.82, 2.24) is 29.0 Å². The fourth-order valence-corrected chi connectivity index (χ4v) is 3.74. The summed E-state index contributed by atoms with van der Waals surface area (Å²) in [6.45, 7) is 12.2. The second kappa shape index (κ2) is 8.28. The van der Waals surface area contributed by atoms with Gasteiger partial charge in [0, 0.05) is 63.1 Å². The first-order valence-electron chi connectivity index (χ1n) is 10.4. The van der Waals surface area contributed by atoms with Gasteiger partial charge in [0.25, 0.3) is 5.56 Å². The third-order valence-electron chi connectivity index (χ3n) is 5.58. The number of hydrogen-bond donors (Lipinski definition) is 0. The predicted octanol–water partition coefficient (Wildman–Crippen LogP) is 2.15. The number of rotatable bonds is 5. The van der Waals surface area contributed by atoms with Gasteiger partial charge < -0.3 is 4.40 Å². The van der Waals surface area contributed by atoms with Crippen LogP contribution in [0.4, 0.5) is 4.39 Å². The number of piperazine rings is 1. The molecule has 0 spiro atoms. The van der Waals surface area contributed by atoms with Crippen molar-refractivity contribution >= 4 is 5.65 Å². The van der Waals surface area contributed by atoms with Gasteiger partial charge in [0.15, 0.2) is 0 Å². The van der Waals surface area contributed by atoms with E-state index in [1.165, 1.54) is 12.3 Å². The summed E-state index contributed by atoms with van der Waals surface area (Å²) in [4.78, 5) is 21.5. The third-order valence-corrected chi connectivity index (χ3v) is 5.58. The Bertz CT molecular complexity index is 1080. The van der Waals surface area contributed by atoms with Crippen LogP contribution in [0.1, 0.15) is 32.2 Å². The van der Waals surface area contributed by atoms with Gasteiger partial charge >= 0.3 is 0 Å². The molecule has 0 N–H and O–H groups in total. The van der Waals surface area contributed by atoms with Crippen molar-refractivity contribution in [1.29, 1.82) is 0 Å². The van der Waals surface area contributed by atoms with Crippen LogP contribution in [0.3, 0.4) is 0 Å². The summed E-state index contributed by atoms with van der Waals surface area (Å²) in [6.07, 6.45) is 3.35. The van der Waals surface area contributed by atoms with E-state index in [0.29, 0.717) is 6.54 Å². The molecule has 0 radical (unpaired) electrons. The second-order valence-corrected chi connectivity index (χ2v) is 8.99. The highest BCUT2D eigenvalue weighted by Crippen LogP contribution is 2.18. The Morgan fingerprint density at radius 1 is 0.967 bits per heavy atom. The highest BCUT2D eigenvalue weighted by Gasteiger charge is 2.19. The number of nitrogens with zero attached hydrogens (tertiary/aromatic N) is 6. The Balaban J connectivity index is 1.30. The number of aromatic nitrogens is 4. The van der Waals surface area contributed by atoms with Crippen LogP contribution >= 0.6 is 0 Å². The van der Waals surface area contributed by atoms with E-state index in [9.17, 15) is 9.18 Å². The monoisotopic (exact) mass is 412 g/mol. The molecule has 8 heteroatoms. The molecule has 3 aromatic heterocycles. The first-order valence-corrected chi connectivity index (χ1v) is 10.4. The summed E-state index contributed by atoms with van der Waals surface area (Å²) in [7, 11) is 0. The van der Waals surface area contributed by atoms with Crippen molar-refractivity contribution < 1.29 is 4.39 Å². The van der Waals surface area contributed by atoms with Crippen LogP contribution in [0, 0.1) is 5.82 Å². The fourth-order valence-electron chi connectivity index (χ4n) is 3.74. The normalized spacial score (nSPS) is 16.4. The van der Waals surface area contributed by atoms with Gasteiger partial charge in [-0.3, -0.25) is 14.6 Å². The van der Waals surface area contributed by atoms with E-state index >= 15 is 0 Å². The van der Waals surface area contributed by atoms with Crippen molar-refractivity contribution in [3.8, 4) is 0 Å². The number of pyridine rings is 1. The largest absolute Gasteiger partial charge is 0.304 e. The van der Waals surface area contributed by atoms with Crippen LogP contribution in [0.2, 0.25) is 0 Å². The molecule has 0 saturated carbocycles. The van der Waals surface area contributed by atoms with Gasteiger partial charge in [0.2, 0.25) is 0 Å². The zero-order chi connectivity index (χ0) is 21.3. The summed E-state index contributed by atoms with van der Waals surface area (Å²) < 4.78 is 16.7. The van der Waals surface area contributed by atoms with E-state index in [-0.39, 0.29) is 16.8 Å². The van der Waals surface area contributed by atoms with Gasteiger partial charge in [-0.25, -0.2) is 14.1 Å². The fraction of sp³-hybridized carbons (Fsp3) is 0.500. The first kappa shape index (κ1) is 20.7. The molecule has 4 rings (SSSR count). The lowest BCUT2D eigenvalue weighted by Gasteiger charge is -2.34. The molecule has 0 unspecified atom stereocenters. The molecule has 1 aliphatic rings. The minimum Gasteiger partial charge on any atom is -0.304 e. The Kier molecular flexibility index (Phi) is 5.71. The standard InChI is InChI=1S/C22H29FN6O/c1-22(2,3)19-5-7-21(30)29(25-19)13-12-26-8-10-27(11-9-26)15-18-16-28-14-17(23)4-6-20(28)24-18/h4-7,14,16H,8-13,15H2,1-3H3. The van der Waals surface area contributed by atoms with Crippen molar-refractivity contribution in [3.63, 3.8) is 0 Å². The van der Waals surface area contributed by atoms with E-state index < -0.39 is 0 Å². The van der Waals surface area contributed by atoms with Crippen LogP contribution in [0.25, 0.3) is 5.65 Å². The van der Waals surface area contributed by atoms with Gasteiger partial charge in [-0.2, -0.15) is 5.10 Å². The molecule has 160 valence electrons. The van der Waals surface area contributed by atoms with E-state index in [1.54, 1.807) is 21.2 Å². The summed E-state index contributed by atoms with van der Waals surface area (Å²) in [5.74, 6) is -0.262. The number of fused-ring (bicyclic) bond motifs is 1. The molecule has 4 heterocycles. The average Bonchev–Trinajstić information content (AvgIpc) is 3.09. The summed E-state index contributed by atoms with van der Waals surface area (Å²) in [5, 5.41) is 4.56. The summed E-state index contributed by atoms with van der Waals surface area (Å²) in [5.41, 5.74) is 2.51. The lowest BCUT2D eigenvalue weighted by atomic mass is 9.92. The SMILES string of the molecule is CC(C)(C)c1ccc(=O)n(CCN2CCN(Cc3cn4cc(F)ccc4n3)CC2)n1. The maximum absolute atomic E-state index is 13.4. The van der Waals surface area contributed by atoms with E-state index in [4.69, 9.17) is 0 Å². The quantitative estimate of drug-likeness (QED) is 0.643. The van der Waals surface area contributed by atoms with E-state index in [2.05, 4.69) is 40.7 Å². The molecular weight excluding hydrogens is 383 g/mol. The van der Waals surface area contributed by atoms with Crippen molar-refractivity contribution in [3.05, 3.63) is 64.2 Å². The van der Waals surface area contributed by atoms with E-state index in [0.717, 1.165) is 56.3 Å². The zero-order valence-corrected chi connectivity index (χ0v) is 17.9. The van der Waals surface area contributed by atoms with Gasteiger partial charge in [-0.05, 0) is 18.2 Å². The molecular formula is C22H29FN6O. The smallest absolute Gasteiger partial charge is 0.266 e. The number of hydrogen-bond acceptors (Lipinski definition) is 5. The van der Waals surface area contributed by atoms with Gasteiger partial charge in [0.1, 0.15) is 11.5 Å². The number of imidazole rings is 1. The highest BCUT2D eigenvalue weighted by molar-refractivity contribution is 5.39. The Morgan fingerprint density at radius 3 is 2.43 bits per heavy atom. The lowest BCUT2D eigenvalue weighted by molar-refractivity contribution is 0.121. The molecule has 0 bridgehead atoms. The molecule has 3 aromatic rings. The van der Waals surface area contributed by atoms with E-state index in [1.807, 2.05) is 12.3 Å². The molecule has 1 aliphatic heterocycles. The minimum absolute atomic E-state index is 0.0510. The molecule has 30 heavy (non-hydrogen) atoms. The van der Waals surface area contributed by atoms with Gasteiger partial charge in [-0.1, -0.05) is 20.8 Å². The van der Waals surface area contributed by atoms with Crippen molar-refractivity contribution in [2.45, 2.75) is 39.3 Å². The minimum atomic E-state index is -0.262. The van der Waals surface area contributed by atoms with Crippen LogP contribution in [-0.4, -0.2) is 61.7 Å². The molecule has 1 fully saturated rings. The predicted molar refractivity (Wildman–Crippen MR) is 114 cm³/mol. The zero-order valence-electron chi connectivity index (χ0n) is 17.9. The molecule has 7 nitrogen and oxygen atoms in total. The molecule has 0 atom stereocenters. The van der Waals surface area contributed by atoms with Gasteiger partial charge in [0.05, 0.1) is 17.9 Å². The third kappa shape index (κ3) is 4.76. The highest BCUT2D eigenvalue weighted by atomic mass is 19.1. The lowest BCUT2D eigenvalue weighted by Crippen LogP contribution is -2.47. The average molecular weight is 413 g/mol. The Morgan fingerprint density at radius 2 is 1.70 bits per heavy atom. The van der Waals surface area contributed by atoms with Crippen molar-refractivity contribution in [2.75, 3.05) is 32.7 Å². The summed E-state index contributed by atoms with van der Waals surface area (Å²) in [6, 6.07) is 6.57. The van der Waals surface area contributed by atoms with Crippen molar-refractivity contribution in [2.24, 2.45) is 0 Å². The van der Waals surface area contributed by atoms with Gasteiger partial charge in [-0.15, -0.1) is 0 Å². The van der Waals surface area contributed by atoms with Crippen LogP contribution in [0.5, 0.6) is 0 Å². The summed E-state index contributed by atoms with van der Waals surface area (Å²) >= 11 is 0. The number of halogens is 1. The molecule has 0 amide bonds. The topological polar surface area (TPSA) is 58.7 Å². The molecule has 0 aromatic carbocycles. The molecule has 0 aliphatic carbocycles. The Hall–Kier alpha value is -2.58. The Labute approximate surface area is 175 Å². The van der Waals surface area contributed by atoms with Crippen LogP contribution in [0.15, 0.2) is 41.5 Å². The maximum Gasteiger partial charge on any atom is 0.266 e. The van der Waals surface area contributed by atoms with Crippen LogP contribution in [-0.2, 0) is 18.5 Å².